The molecule has 2 aromatic heterocycles. The first-order valence-electron chi connectivity index (χ1n) is 9.54. The van der Waals surface area contributed by atoms with Gasteiger partial charge in [0.2, 0.25) is 11.5 Å². The van der Waals surface area contributed by atoms with Gasteiger partial charge in [0.15, 0.2) is 6.10 Å². The molecule has 150 valence electrons. The number of H-pyrrole nitrogens is 1. The van der Waals surface area contributed by atoms with E-state index in [9.17, 15) is 14.9 Å². The number of aromatic nitrogens is 2. The fraction of sp³-hybridized carbons (Fsp3) is 0.130. The van der Waals surface area contributed by atoms with E-state index in [0.29, 0.717) is 11.1 Å². The summed E-state index contributed by atoms with van der Waals surface area (Å²) in [5, 5.41) is 12.2. The van der Waals surface area contributed by atoms with Gasteiger partial charge in [-0.1, -0.05) is 55.5 Å². The number of para-hydroxylation sites is 1. The Kier molecular flexibility index (Phi) is 5.26. The molecule has 7 nitrogen and oxygen atoms in total. The summed E-state index contributed by atoms with van der Waals surface area (Å²) in [7, 11) is 0. The number of hydrogen-bond donors (Lipinski definition) is 1. The molecule has 0 fully saturated rings. The molecule has 7 heteroatoms. The molecule has 0 aliphatic rings. The van der Waals surface area contributed by atoms with Crippen LogP contribution in [0.5, 0.6) is 5.75 Å². The zero-order chi connectivity index (χ0) is 21.1. The quantitative estimate of drug-likeness (QED) is 0.266. The highest BCUT2D eigenvalue weighted by molar-refractivity contribution is 6.10. The monoisotopic (exact) mass is 401 g/mol. The normalized spacial score (nSPS) is 11.9. The van der Waals surface area contributed by atoms with Crippen molar-refractivity contribution in [2.75, 3.05) is 0 Å². The third-order valence-electron chi connectivity index (χ3n) is 4.96. The molecule has 0 saturated carbocycles. The number of hydrogen-bond acceptors (Lipinski definition) is 5. The summed E-state index contributed by atoms with van der Waals surface area (Å²) < 4.78 is 5.92. The number of nitrogens with zero attached hydrogens (tertiary/aromatic N) is 2. The first-order valence-corrected chi connectivity index (χ1v) is 9.54. The van der Waals surface area contributed by atoms with Crippen LogP contribution in [0.3, 0.4) is 0 Å². The molecule has 1 atom stereocenters. The number of nitrogens with one attached hydrogen (secondary N) is 1. The number of ketones is 1. The Bertz CT molecular complexity index is 1220. The number of Topliss-reactive ketones (excluding diaryl/α,β-unsaturated/α-hetero) is 1. The van der Waals surface area contributed by atoms with Crippen molar-refractivity contribution in [3.05, 3.63) is 99.9 Å². The number of nitro groups is 1. The smallest absolute Gasteiger partial charge is 0.406 e. The van der Waals surface area contributed by atoms with Gasteiger partial charge < -0.3 is 19.8 Å². The van der Waals surface area contributed by atoms with Crippen molar-refractivity contribution in [2.24, 2.45) is 0 Å². The number of carbonyl (C=O) groups excluding carboxylic acids is 1. The molecule has 1 N–H and O–H groups in total. The van der Waals surface area contributed by atoms with Gasteiger partial charge >= 0.3 is 5.82 Å². The predicted octanol–water partition coefficient (Wildman–Crippen LogP) is 5.04. The van der Waals surface area contributed by atoms with E-state index in [1.807, 2.05) is 24.3 Å². The Labute approximate surface area is 172 Å². The minimum absolute atomic E-state index is 0.0567. The molecule has 0 unspecified atom stereocenters. The molecule has 2 aromatic carbocycles. The first kappa shape index (κ1) is 19.3. The Hall–Kier alpha value is -4.00. The van der Waals surface area contributed by atoms with E-state index < -0.39 is 16.8 Å². The van der Waals surface area contributed by atoms with E-state index in [4.69, 9.17) is 4.74 Å². The lowest BCUT2D eigenvalue weighted by Crippen LogP contribution is -2.19. The van der Waals surface area contributed by atoms with Crippen LogP contribution in [0.2, 0.25) is 0 Å². The van der Waals surface area contributed by atoms with E-state index in [0.717, 1.165) is 22.9 Å². The zero-order valence-corrected chi connectivity index (χ0v) is 16.2. The fourth-order valence-electron chi connectivity index (χ4n) is 3.50. The highest BCUT2D eigenvalue weighted by Crippen LogP contribution is 2.33. The molecule has 0 aliphatic heterocycles. The summed E-state index contributed by atoms with van der Waals surface area (Å²) in [4.78, 5) is 31.3. The molecule has 0 spiro atoms. The summed E-state index contributed by atoms with van der Waals surface area (Å²) in [5.74, 6) is -0.781. The van der Waals surface area contributed by atoms with Gasteiger partial charge in [0.25, 0.3) is 0 Å². The van der Waals surface area contributed by atoms with Crippen molar-refractivity contribution >= 4 is 22.5 Å². The summed E-state index contributed by atoms with van der Waals surface area (Å²) in [6.07, 6.45) is 2.75. The van der Waals surface area contributed by atoms with Gasteiger partial charge in [0.1, 0.15) is 6.20 Å². The number of aromatic amines is 1. The van der Waals surface area contributed by atoms with Crippen LogP contribution in [-0.2, 0) is 6.42 Å². The topological polar surface area (TPSA) is 98.1 Å². The van der Waals surface area contributed by atoms with Gasteiger partial charge in [-0.25, -0.2) is 0 Å². The lowest BCUT2D eigenvalue weighted by atomic mass is 9.98. The van der Waals surface area contributed by atoms with Gasteiger partial charge in [-0.3, -0.25) is 4.79 Å². The maximum Gasteiger partial charge on any atom is 0.406 e. The van der Waals surface area contributed by atoms with Gasteiger partial charge in [0, 0.05) is 28.2 Å². The minimum atomic E-state index is -1.06. The number of ether oxygens (including phenoxy) is 1. The number of rotatable bonds is 7. The zero-order valence-electron chi connectivity index (χ0n) is 16.2. The van der Waals surface area contributed by atoms with Gasteiger partial charge in [-0.2, -0.15) is 0 Å². The molecule has 0 aliphatic carbocycles. The number of carbonyl (C=O) groups is 1. The molecule has 0 radical (unpaired) electrons. The summed E-state index contributed by atoms with van der Waals surface area (Å²) in [6, 6.07) is 17.7. The van der Waals surface area contributed by atoms with Crippen molar-refractivity contribution in [1.29, 1.82) is 0 Å². The van der Waals surface area contributed by atoms with Crippen molar-refractivity contribution < 1.29 is 14.5 Å². The summed E-state index contributed by atoms with van der Waals surface area (Å²) >= 11 is 0. The third kappa shape index (κ3) is 3.53. The Morgan fingerprint density at radius 1 is 1.13 bits per heavy atom. The summed E-state index contributed by atoms with van der Waals surface area (Å²) in [6.45, 7) is 2.05. The van der Waals surface area contributed by atoms with Gasteiger partial charge in [-0.05, 0) is 34.0 Å². The number of pyridine rings is 1. The second kappa shape index (κ2) is 8.16. The van der Waals surface area contributed by atoms with Crippen LogP contribution in [0.15, 0.2) is 73.1 Å². The van der Waals surface area contributed by atoms with E-state index in [1.165, 1.54) is 18.3 Å². The van der Waals surface area contributed by atoms with E-state index >= 15 is 0 Å². The predicted molar refractivity (Wildman–Crippen MR) is 113 cm³/mol. The lowest BCUT2D eigenvalue weighted by molar-refractivity contribution is -0.390. The highest BCUT2D eigenvalue weighted by atomic mass is 16.6. The third-order valence-corrected chi connectivity index (χ3v) is 4.96. The van der Waals surface area contributed by atoms with Crippen LogP contribution in [-0.4, -0.2) is 20.7 Å². The molecule has 0 saturated heterocycles. The van der Waals surface area contributed by atoms with Gasteiger partial charge in [0.05, 0.1) is 0 Å². The second-order valence-corrected chi connectivity index (χ2v) is 6.75. The minimum Gasteiger partial charge on any atom is -0.469 e. The fourth-order valence-corrected chi connectivity index (χ4v) is 3.50. The van der Waals surface area contributed by atoms with Crippen molar-refractivity contribution in [1.82, 2.24) is 9.97 Å². The maximum absolute atomic E-state index is 13.6. The first-order chi connectivity index (χ1) is 14.6. The molecule has 4 aromatic rings. The van der Waals surface area contributed by atoms with E-state index in [1.54, 1.807) is 30.5 Å². The largest absolute Gasteiger partial charge is 0.469 e. The molecule has 2 heterocycles. The standard InChI is InChI=1S/C23H19N3O4/c1-2-15-10-6-11-17-18(14-25-20(15)17)21(27)22(16-8-4-3-5-9-16)30-19-12-7-13-24-23(19)26(28)29/h3-14,22,25H,2H2,1H3/t22-/m0/s1. The second-order valence-electron chi connectivity index (χ2n) is 6.75. The van der Waals surface area contributed by atoms with Crippen LogP contribution >= 0.6 is 0 Å². The number of fused-ring (bicyclic) bond motifs is 1. The number of aryl methyl sites for hydroxylation is 1. The number of benzene rings is 2. The highest BCUT2D eigenvalue weighted by Gasteiger charge is 2.29. The molecular formula is C23H19N3O4. The molecule has 0 amide bonds. The van der Waals surface area contributed by atoms with Crippen LogP contribution < -0.4 is 4.74 Å². The van der Waals surface area contributed by atoms with Crippen LogP contribution in [0.1, 0.15) is 34.5 Å². The maximum atomic E-state index is 13.6. The van der Waals surface area contributed by atoms with Crippen molar-refractivity contribution in [2.45, 2.75) is 19.4 Å². The molecule has 4 rings (SSSR count). The van der Waals surface area contributed by atoms with E-state index in [2.05, 4.69) is 16.9 Å². The van der Waals surface area contributed by atoms with Crippen LogP contribution in [0.25, 0.3) is 10.9 Å². The lowest BCUT2D eigenvalue weighted by Gasteiger charge is -2.18. The summed E-state index contributed by atoms with van der Waals surface area (Å²) in [5.41, 5.74) is 3.08. The van der Waals surface area contributed by atoms with Crippen molar-refractivity contribution in [3.8, 4) is 5.75 Å². The average Bonchev–Trinajstić information content (AvgIpc) is 3.22. The van der Waals surface area contributed by atoms with Crippen LogP contribution in [0, 0.1) is 10.1 Å². The van der Waals surface area contributed by atoms with Crippen LogP contribution in [0.4, 0.5) is 5.82 Å². The van der Waals surface area contributed by atoms with Gasteiger partial charge in [-0.15, -0.1) is 0 Å². The van der Waals surface area contributed by atoms with E-state index in [-0.39, 0.29) is 11.5 Å². The SMILES string of the molecule is CCc1cccc2c(C(=O)[C@@H](Oc3cccnc3[N+](=O)[O-])c3ccccc3)c[nH]c12. The molecule has 30 heavy (non-hydrogen) atoms. The average molecular weight is 401 g/mol. The molecular weight excluding hydrogens is 382 g/mol. The molecule has 0 bridgehead atoms. The Morgan fingerprint density at radius 3 is 2.67 bits per heavy atom. The van der Waals surface area contributed by atoms with Crippen molar-refractivity contribution in [3.63, 3.8) is 0 Å². The Morgan fingerprint density at radius 2 is 1.93 bits per heavy atom. The Balaban J connectivity index is 1.80.